The van der Waals surface area contributed by atoms with Crippen LogP contribution in [0.25, 0.3) is 16.6 Å². The monoisotopic (exact) mass is 415 g/mol. The van der Waals surface area contributed by atoms with Crippen LogP contribution < -0.4 is 10.9 Å². The number of para-hydroxylation sites is 1. The fourth-order valence-corrected chi connectivity index (χ4v) is 3.77. The first-order valence-electron chi connectivity index (χ1n) is 10.2. The Bertz CT molecular complexity index is 1350. The van der Waals surface area contributed by atoms with Gasteiger partial charge in [-0.1, -0.05) is 30.3 Å². The number of carbonyl (C=O) groups is 1. The van der Waals surface area contributed by atoms with Crippen molar-refractivity contribution >= 4 is 22.5 Å². The van der Waals surface area contributed by atoms with E-state index in [2.05, 4.69) is 15.5 Å². The molecule has 2 heterocycles. The zero-order valence-electron chi connectivity index (χ0n) is 18.3. The lowest BCUT2D eigenvalue weighted by Gasteiger charge is -2.16. The molecule has 0 saturated carbocycles. The van der Waals surface area contributed by atoms with Gasteiger partial charge in [-0.15, -0.1) is 0 Å². The first kappa shape index (κ1) is 20.5. The lowest BCUT2D eigenvalue weighted by molar-refractivity contribution is -0.119. The Hall–Kier alpha value is -3.74. The predicted octanol–water partition coefficient (Wildman–Crippen LogP) is 4.02. The van der Waals surface area contributed by atoms with Crippen LogP contribution in [-0.2, 0) is 4.79 Å². The summed E-state index contributed by atoms with van der Waals surface area (Å²) in [4.78, 5) is 26.2. The smallest absolute Gasteiger partial charge is 0.295 e. The number of aryl methyl sites for hydroxylation is 3. The summed E-state index contributed by atoms with van der Waals surface area (Å²) in [6.45, 7) is 9.36. The van der Waals surface area contributed by atoms with Gasteiger partial charge in [0.2, 0.25) is 5.91 Å². The van der Waals surface area contributed by atoms with Gasteiger partial charge < -0.3 is 5.32 Å². The molecule has 0 saturated heterocycles. The SMILES string of the molecule is Cc1cccc(NC(=O)[C@H](C)n2nc(C)c3c(C)n(-c4ccccc4)nc3c2=O)c1C. The highest BCUT2D eigenvalue weighted by molar-refractivity contribution is 5.94. The molecule has 158 valence electrons. The number of anilines is 1. The molecule has 0 fully saturated rings. The standard InChI is InChI=1S/C24H25N5O2/c1-14-10-9-13-20(15(14)2)25-23(30)18(5)29-24(31)22-21(16(3)26-29)17(4)28(27-22)19-11-7-6-8-12-19/h6-13,18H,1-5H3,(H,25,30)/t18-/m0/s1. The van der Waals surface area contributed by atoms with Gasteiger partial charge in [0.15, 0.2) is 5.52 Å². The van der Waals surface area contributed by atoms with Crippen molar-refractivity contribution in [3.05, 3.63) is 81.4 Å². The maximum Gasteiger partial charge on any atom is 0.295 e. The summed E-state index contributed by atoms with van der Waals surface area (Å²) in [5.41, 5.74) is 5.08. The van der Waals surface area contributed by atoms with Crippen LogP contribution in [0.4, 0.5) is 5.69 Å². The Morgan fingerprint density at radius 1 is 0.968 bits per heavy atom. The van der Waals surface area contributed by atoms with Crippen molar-refractivity contribution in [1.82, 2.24) is 19.6 Å². The van der Waals surface area contributed by atoms with Gasteiger partial charge in [0.25, 0.3) is 5.56 Å². The molecule has 0 unspecified atom stereocenters. The van der Waals surface area contributed by atoms with E-state index in [1.165, 1.54) is 4.68 Å². The van der Waals surface area contributed by atoms with E-state index in [4.69, 9.17) is 0 Å². The number of hydrogen-bond acceptors (Lipinski definition) is 4. The maximum absolute atomic E-state index is 13.2. The van der Waals surface area contributed by atoms with Gasteiger partial charge in [0.1, 0.15) is 6.04 Å². The molecular weight excluding hydrogens is 390 g/mol. The van der Waals surface area contributed by atoms with Crippen LogP contribution >= 0.6 is 0 Å². The molecule has 7 nitrogen and oxygen atoms in total. The van der Waals surface area contributed by atoms with E-state index in [9.17, 15) is 9.59 Å². The van der Waals surface area contributed by atoms with E-state index >= 15 is 0 Å². The molecule has 1 N–H and O–H groups in total. The Morgan fingerprint density at radius 3 is 2.39 bits per heavy atom. The van der Waals surface area contributed by atoms with Crippen LogP contribution in [0, 0.1) is 27.7 Å². The third kappa shape index (κ3) is 3.52. The normalized spacial score (nSPS) is 12.2. The Balaban J connectivity index is 1.76. The molecule has 1 atom stereocenters. The molecule has 0 aliphatic rings. The molecule has 2 aromatic heterocycles. The molecule has 7 heteroatoms. The summed E-state index contributed by atoms with van der Waals surface area (Å²) in [7, 11) is 0. The van der Waals surface area contributed by atoms with Crippen molar-refractivity contribution in [3.8, 4) is 5.69 Å². The first-order chi connectivity index (χ1) is 14.8. The zero-order chi connectivity index (χ0) is 22.3. The number of benzene rings is 2. The summed E-state index contributed by atoms with van der Waals surface area (Å²) in [5.74, 6) is -0.304. The summed E-state index contributed by atoms with van der Waals surface area (Å²) < 4.78 is 2.96. The first-order valence-corrected chi connectivity index (χ1v) is 10.2. The second-order valence-electron chi connectivity index (χ2n) is 7.80. The minimum atomic E-state index is -0.794. The fraction of sp³-hybridized carbons (Fsp3) is 0.250. The van der Waals surface area contributed by atoms with Crippen LogP contribution in [0.3, 0.4) is 0 Å². The average molecular weight is 415 g/mol. The molecule has 0 aliphatic carbocycles. The molecule has 0 bridgehead atoms. The van der Waals surface area contributed by atoms with Gasteiger partial charge in [-0.2, -0.15) is 10.2 Å². The van der Waals surface area contributed by atoms with E-state index < -0.39 is 6.04 Å². The largest absolute Gasteiger partial charge is 0.324 e. The molecule has 0 aliphatic heterocycles. The van der Waals surface area contributed by atoms with Crippen LogP contribution in [0.5, 0.6) is 0 Å². The van der Waals surface area contributed by atoms with Crippen LogP contribution in [0.1, 0.15) is 35.5 Å². The van der Waals surface area contributed by atoms with Gasteiger partial charge >= 0.3 is 0 Å². The lowest BCUT2D eigenvalue weighted by Crippen LogP contribution is -2.34. The number of carbonyl (C=O) groups excluding carboxylic acids is 1. The highest BCUT2D eigenvalue weighted by Gasteiger charge is 2.23. The van der Waals surface area contributed by atoms with Gasteiger partial charge in [-0.3, -0.25) is 9.59 Å². The average Bonchev–Trinajstić information content (AvgIpc) is 3.12. The molecule has 4 rings (SSSR count). The fourth-order valence-electron chi connectivity index (χ4n) is 3.77. The van der Waals surface area contributed by atoms with Gasteiger partial charge in [0.05, 0.1) is 22.5 Å². The van der Waals surface area contributed by atoms with Crippen molar-refractivity contribution in [2.24, 2.45) is 0 Å². The topological polar surface area (TPSA) is 81.8 Å². The predicted molar refractivity (Wildman–Crippen MR) is 122 cm³/mol. The number of nitrogens with one attached hydrogen (secondary N) is 1. The molecule has 0 radical (unpaired) electrons. The van der Waals surface area contributed by atoms with Crippen LogP contribution in [0.2, 0.25) is 0 Å². The van der Waals surface area contributed by atoms with E-state index in [0.717, 1.165) is 28.2 Å². The van der Waals surface area contributed by atoms with Crippen molar-refractivity contribution in [3.63, 3.8) is 0 Å². The van der Waals surface area contributed by atoms with Crippen molar-refractivity contribution in [2.45, 2.75) is 40.7 Å². The quantitative estimate of drug-likeness (QED) is 0.546. The van der Waals surface area contributed by atoms with Crippen LogP contribution in [-0.4, -0.2) is 25.5 Å². The minimum Gasteiger partial charge on any atom is -0.324 e. The third-order valence-electron chi connectivity index (χ3n) is 5.76. The number of aromatic nitrogens is 4. The number of nitrogens with zero attached hydrogens (tertiary/aromatic N) is 4. The van der Waals surface area contributed by atoms with Gasteiger partial charge in [0, 0.05) is 5.69 Å². The summed E-state index contributed by atoms with van der Waals surface area (Å²) in [6, 6.07) is 14.6. The molecule has 4 aromatic rings. The Morgan fingerprint density at radius 2 is 1.68 bits per heavy atom. The highest BCUT2D eigenvalue weighted by Crippen LogP contribution is 2.23. The van der Waals surface area contributed by atoms with Crippen molar-refractivity contribution in [2.75, 3.05) is 5.32 Å². The number of amides is 1. The maximum atomic E-state index is 13.2. The lowest BCUT2D eigenvalue weighted by atomic mass is 10.1. The van der Waals surface area contributed by atoms with Crippen LogP contribution in [0.15, 0.2) is 53.3 Å². The number of hydrogen-bond donors (Lipinski definition) is 1. The van der Waals surface area contributed by atoms with E-state index in [1.54, 1.807) is 11.6 Å². The third-order valence-corrected chi connectivity index (χ3v) is 5.76. The van der Waals surface area contributed by atoms with Gasteiger partial charge in [-0.05, 0) is 63.9 Å². The zero-order valence-corrected chi connectivity index (χ0v) is 18.3. The summed E-state index contributed by atoms with van der Waals surface area (Å²) in [5, 5.41) is 12.7. The second kappa shape index (κ2) is 7.83. The van der Waals surface area contributed by atoms with Crippen molar-refractivity contribution < 1.29 is 4.79 Å². The summed E-state index contributed by atoms with van der Waals surface area (Å²) in [6.07, 6.45) is 0. The molecule has 1 amide bonds. The van der Waals surface area contributed by atoms with E-state index in [-0.39, 0.29) is 11.5 Å². The highest BCUT2D eigenvalue weighted by atomic mass is 16.2. The second-order valence-corrected chi connectivity index (χ2v) is 7.80. The number of rotatable bonds is 4. The molecule has 31 heavy (non-hydrogen) atoms. The Kier molecular flexibility index (Phi) is 5.19. The van der Waals surface area contributed by atoms with E-state index in [1.807, 2.05) is 76.2 Å². The molecule has 0 spiro atoms. The number of fused-ring (bicyclic) bond motifs is 1. The molecule has 2 aromatic carbocycles. The van der Waals surface area contributed by atoms with Gasteiger partial charge in [-0.25, -0.2) is 9.36 Å². The minimum absolute atomic E-state index is 0.304. The Labute approximate surface area is 180 Å². The molecular formula is C24H25N5O2. The van der Waals surface area contributed by atoms with E-state index in [0.29, 0.717) is 16.6 Å². The summed E-state index contributed by atoms with van der Waals surface area (Å²) >= 11 is 0. The van der Waals surface area contributed by atoms with Crippen molar-refractivity contribution in [1.29, 1.82) is 0 Å².